The Bertz CT molecular complexity index is 646. The van der Waals surface area contributed by atoms with Gasteiger partial charge in [-0.25, -0.2) is 4.79 Å². The number of halogens is 2. The summed E-state index contributed by atoms with van der Waals surface area (Å²) in [6.45, 7) is 1.85. The summed E-state index contributed by atoms with van der Waals surface area (Å²) in [5, 5.41) is 0.814. The monoisotopic (exact) mass is 372 g/mol. The van der Waals surface area contributed by atoms with Crippen molar-refractivity contribution < 1.29 is 23.9 Å². The molecule has 2 rings (SSSR count). The fourth-order valence-corrected chi connectivity index (χ4v) is 3.09. The molecular formula is C17H18Cl2O5. The van der Waals surface area contributed by atoms with Crippen molar-refractivity contribution in [2.24, 2.45) is 0 Å². The third-order valence-electron chi connectivity index (χ3n) is 3.92. The van der Waals surface area contributed by atoms with E-state index in [2.05, 4.69) is 0 Å². The number of rotatable bonds is 5. The van der Waals surface area contributed by atoms with Gasteiger partial charge in [0.15, 0.2) is 0 Å². The van der Waals surface area contributed by atoms with Crippen LogP contribution in [0, 0.1) is 0 Å². The first-order valence-electron chi connectivity index (χ1n) is 7.71. The third-order valence-corrected chi connectivity index (χ3v) is 4.51. The molecule has 5 nitrogen and oxygen atoms in total. The zero-order chi connectivity index (χ0) is 17.7. The van der Waals surface area contributed by atoms with Gasteiger partial charge in [-0.3, -0.25) is 9.59 Å². The normalized spacial score (nSPS) is 16.5. The van der Waals surface area contributed by atoms with E-state index in [0.717, 1.165) is 0 Å². The van der Waals surface area contributed by atoms with Crippen LogP contribution in [0.15, 0.2) is 18.2 Å². The summed E-state index contributed by atoms with van der Waals surface area (Å²) in [5.41, 5.74) is -0.836. The summed E-state index contributed by atoms with van der Waals surface area (Å²) in [7, 11) is 0. The topological polar surface area (TPSA) is 69.7 Å². The largest absolute Gasteiger partial charge is 0.463 e. The van der Waals surface area contributed by atoms with Gasteiger partial charge in [0.05, 0.1) is 13.0 Å². The highest BCUT2D eigenvalue weighted by molar-refractivity contribution is 6.35. The number of ether oxygens (including phenoxy) is 2. The summed E-state index contributed by atoms with van der Waals surface area (Å²) in [6, 6.07) is 4.79. The Kier molecular flexibility index (Phi) is 6.24. The van der Waals surface area contributed by atoms with Crippen molar-refractivity contribution in [2.75, 3.05) is 6.61 Å². The van der Waals surface area contributed by atoms with Crippen LogP contribution in [0.1, 0.15) is 38.2 Å². The molecule has 0 atom stereocenters. The van der Waals surface area contributed by atoms with E-state index in [4.69, 9.17) is 32.7 Å². The minimum Gasteiger partial charge on any atom is -0.463 e. The van der Waals surface area contributed by atoms with E-state index >= 15 is 0 Å². The van der Waals surface area contributed by atoms with Crippen LogP contribution in [0.2, 0.25) is 10.0 Å². The van der Waals surface area contributed by atoms with Crippen LogP contribution < -0.4 is 0 Å². The number of Topliss-reactive ketones (excluding diaryl/α,β-unsaturated/α-hetero) is 1. The molecule has 0 bridgehead atoms. The van der Waals surface area contributed by atoms with Gasteiger partial charge in [-0.1, -0.05) is 29.3 Å². The van der Waals surface area contributed by atoms with Gasteiger partial charge in [0.1, 0.15) is 5.78 Å². The van der Waals surface area contributed by atoms with Crippen molar-refractivity contribution in [1.29, 1.82) is 0 Å². The van der Waals surface area contributed by atoms with Gasteiger partial charge in [0.25, 0.3) is 0 Å². The van der Waals surface area contributed by atoms with E-state index in [1.54, 1.807) is 19.1 Å². The van der Waals surface area contributed by atoms with E-state index in [0.29, 0.717) is 15.6 Å². The molecule has 1 aliphatic rings. The van der Waals surface area contributed by atoms with Gasteiger partial charge in [-0.2, -0.15) is 0 Å². The van der Waals surface area contributed by atoms with E-state index in [9.17, 15) is 14.4 Å². The quantitative estimate of drug-likeness (QED) is 0.739. The second kappa shape index (κ2) is 7.99. The van der Waals surface area contributed by atoms with Crippen molar-refractivity contribution >= 4 is 40.9 Å². The lowest BCUT2D eigenvalue weighted by atomic mass is 9.84. The fourth-order valence-electron chi connectivity index (χ4n) is 2.62. The Morgan fingerprint density at radius 1 is 1.21 bits per heavy atom. The minimum atomic E-state index is -1.39. The van der Waals surface area contributed by atoms with Crippen LogP contribution in [0.5, 0.6) is 0 Å². The average molecular weight is 373 g/mol. The van der Waals surface area contributed by atoms with Crippen molar-refractivity contribution in [2.45, 2.75) is 44.6 Å². The molecule has 0 radical (unpaired) electrons. The zero-order valence-corrected chi connectivity index (χ0v) is 14.8. The van der Waals surface area contributed by atoms with Crippen molar-refractivity contribution in [3.63, 3.8) is 0 Å². The fraction of sp³-hybridized carbons (Fsp3) is 0.471. The molecule has 7 heteroatoms. The van der Waals surface area contributed by atoms with Gasteiger partial charge in [0.2, 0.25) is 5.60 Å². The molecule has 0 spiro atoms. The maximum Gasteiger partial charge on any atom is 0.350 e. The summed E-state index contributed by atoms with van der Waals surface area (Å²) < 4.78 is 10.5. The standard InChI is InChI=1S/C17H18Cl2O5/c1-2-23-16(22)17(7-5-13(20)6-8-17)24-15(21)9-11-3-4-12(18)10-14(11)19/h3-4,10H,2,5-9H2,1H3. The first-order chi connectivity index (χ1) is 11.4. The van der Waals surface area contributed by atoms with Crippen LogP contribution >= 0.6 is 23.2 Å². The molecular weight excluding hydrogens is 355 g/mol. The molecule has 1 aliphatic carbocycles. The number of benzene rings is 1. The zero-order valence-electron chi connectivity index (χ0n) is 13.3. The SMILES string of the molecule is CCOC(=O)C1(OC(=O)Cc2ccc(Cl)cc2Cl)CCC(=O)CC1. The molecule has 0 aliphatic heterocycles. The number of ketones is 1. The molecule has 1 aromatic rings. The van der Waals surface area contributed by atoms with Crippen LogP contribution in [-0.2, 0) is 30.3 Å². The number of hydrogen-bond donors (Lipinski definition) is 0. The molecule has 0 heterocycles. The van der Waals surface area contributed by atoms with E-state index < -0.39 is 17.5 Å². The average Bonchev–Trinajstić information content (AvgIpc) is 2.53. The predicted octanol–water partition coefficient (Wildman–Crippen LogP) is 3.52. The lowest BCUT2D eigenvalue weighted by molar-refractivity contribution is -0.186. The Morgan fingerprint density at radius 2 is 1.88 bits per heavy atom. The van der Waals surface area contributed by atoms with Crippen LogP contribution in [0.3, 0.4) is 0 Å². The highest BCUT2D eigenvalue weighted by Gasteiger charge is 2.46. The molecule has 130 valence electrons. The van der Waals surface area contributed by atoms with Crippen LogP contribution in [0.4, 0.5) is 0 Å². The lowest BCUT2D eigenvalue weighted by Crippen LogP contribution is -2.47. The molecule has 1 aromatic carbocycles. The maximum atomic E-state index is 12.3. The van der Waals surface area contributed by atoms with Gasteiger partial charge in [-0.15, -0.1) is 0 Å². The molecule has 0 saturated heterocycles. The van der Waals surface area contributed by atoms with E-state index in [1.807, 2.05) is 0 Å². The minimum absolute atomic E-state index is 0.0479. The smallest absolute Gasteiger partial charge is 0.350 e. The summed E-state index contributed by atoms with van der Waals surface area (Å²) in [6.07, 6.45) is 0.572. The Hall–Kier alpha value is -1.59. The van der Waals surface area contributed by atoms with Gasteiger partial charge < -0.3 is 9.47 Å². The number of esters is 2. The van der Waals surface area contributed by atoms with Crippen molar-refractivity contribution in [1.82, 2.24) is 0 Å². The number of carbonyl (C=O) groups is 3. The highest BCUT2D eigenvalue weighted by atomic mass is 35.5. The molecule has 24 heavy (non-hydrogen) atoms. The van der Waals surface area contributed by atoms with Crippen molar-refractivity contribution in [3.05, 3.63) is 33.8 Å². The third kappa shape index (κ3) is 4.48. The number of carbonyl (C=O) groups excluding carboxylic acids is 3. The second-order valence-corrected chi connectivity index (χ2v) is 6.48. The molecule has 0 amide bonds. The Morgan fingerprint density at radius 3 is 2.46 bits per heavy atom. The van der Waals surface area contributed by atoms with Gasteiger partial charge in [0, 0.05) is 35.7 Å². The van der Waals surface area contributed by atoms with Gasteiger partial charge in [-0.05, 0) is 24.6 Å². The summed E-state index contributed by atoms with van der Waals surface area (Å²) >= 11 is 11.9. The Labute approximate surface area is 150 Å². The Balaban J connectivity index is 2.12. The predicted molar refractivity (Wildman–Crippen MR) is 89.1 cm³/mol. The summed E-state index contributed by atoms with van der Waals surface area (Å²) in [5.74, 6) is -1.15. The van der Waals surface area contributed by atoms with E-state index in [1.165, 1.54) is 6.07 Å². The molecule has 0 unspecified atom stereocenters. The molecule has 1 saturated carbocycles. The second-order valence-electron chi connectivity index (χ2n) is 5.64. The first-order valence-corrected chi connectivity index (χ1v) is 8.46. The highest BCUT2D eigenvalue weighted by Crippen LogP contribution is 2.32. The molecule has 0 N–H and O–H groups in total. The van der Waals surface area contributed by atoms with E-state index in [-0.39, 0.29) is 44.5 Å². The molecule has 1 fully saturated rings. The van der Waals surface area contributed by atoms with Gasteiger partial charge >= 0.3 is 11.9 Å². The number of hydrogen-bond acceptors (Lipinski definition) is 5. The molecule has 0 aromatic heterocycles. The van der Waals surface area contributed by atoms with Crippen LogP contribution in [-0.4, -0.2) is 29.9 Å². The summed E-state index contributed by atoms with van der Waals surface area (Å²) in [4.78, 5) is 36.0. The maximum absolute atomic E-state index is 12.3. The first kappa shape index (κ1) is 18.7. The lowest BCUT2D eigenvalue weighted by Gasteiger charge is -2.33. The van der Waals surface area contributed by atoms with Crippen molar-refractivity contribution in [3.8, 4) is 0 Å². The van der Waals surface area contributed by atoms with Crippen LogP contribution in [0.25, 0.3) is 0 Å².